The molecule has 1 fully saturated rings. The molecule has 2 heterocycles. The molecule has 0 unspecified atom stereocenters. The van der Waals surface area contributed by atoms with Gasteiger partial charge in [0.25, 0.3) is 5.82 Å². The molecule has 1 saturated heterocycles. The quantitative estimate of drug-likeness (QED) is 0.317. The van der Waals surface area contributed by atoms with Crippen molar-refractivity contribution < 1.29 is 35.2 Å². The third-order valence-electron chi connectivity index (χ3n) is 5.97. The van der Waals surface area contributed by atoms with Gasteiger partial charge in [-0.05, 0) is 60.1 Å². The number of sulfonamides is 1. The van der Waals surface area contributed by atoms with Gasteiger partial charge in [0.15, 0.2) is 5.78 Å². The lowest BCUT2D eigenvalue weighted by Gasteiger charge is -2.22. The minimum Gasteiger partial charge on any atom is -0.359 e. The number of carbonyl (C=O) groups is 1. The van der Waals surface area contributed by atoms with E-state index >= 15 is 0 Å². The van der Waals surface area contributed by atoms with E-state index in [-0.39, 0.29) is 35.7 Å². The molecule has 0 radical (unpaired) electrons. The molecule has 1 aromatic heterocycles. The number of benzene rings is 2. The summed E-state index contributed by atoms with van der Waals surface area (Å²) >= 11 is 0. The van der Waals surface area contributed by atoms with E-state index in [4.69, 9.17) is 6.57 Å². The lowest BCUT2D eigenvalue weighted by atomic mass is 10.0. The molecule has 1 aliphatic heterocycles. The fourth-order valence-electron chi connectivity index (χ4n) is 4.09. The summed E-state index contributed by atoms with van der Waals surface area (Å²) < 4.78 is 93.9. The van der Waals surface area contributed by atoms with Crippen molar-refractivity contribution in [3.8, 4) is 5.69 Å². The average Bonchev–Trinajstić information content (AvgIpc) is 3.46. The summed E-state index contributed by atoms with van der Waals surface area (Å²) in [5.41, 5.74) is -0.253. The van der Waals surface area contributed by atoms with Crippen LogP contribution in [0.2, 0.25) is 0 Å². The molecular formula is C24H19F5N4O3S. The van der Waals surface area contributed by atoms with Gasteiger partial charge < -0.3 is 4.85 Å². The molecule has 2 atom stereocenters. The first-order chi connectivity index (χ1) is 17.4. The van der Waals surface area contributed by atoms with Crippen LogP contribution in [0.3, 0.4) is 0 Å². The maximum absolute atomic E-state index is 14.2. The number of halogens is 5. The molecule has 37 heavy (non-hydrogen) atoms. The molecule has 4 rings (SSSR count). The molecule has 1 aliphatic rings. The number of carbonyl (C=O) groups excluding carboxylic acids is 1. The van der Waals surface area contributed by atoms with Crippen LogP contribution in [0.5, 0.6) is 0 Å². The number of nitrogens with zero attached hydrogens (tertiary/aromatic N) is 4. The topological polar surface area (TPSA) is 76.6 Å². The largest absolute Gasteiger partial charge is 0.416 e. The molecule has 2 aromatic carbocycles. The van der Waals surface area contributed by atoms with Crippen LogP contribution in [-0.2, 0) is 27.4 Å². The number of rotatable bonds is 7. The summed E-state index contributed by atoms with van der Waals surface area (Å²) in [6.45, 7) is 6.81. The fourth-order valence-corrected chi connectivity index (χ4v) is 5.73. The van der Waals surface area contributed by atoms with Gasteiger partial charge in [0.2, 0.25) is 10.0 Å². The summed E-state index contributed by atoms with van der Waals surface area (Å²) in [5, 5.41) is 4.05. The zero-order valence-corrected chi connectivity index (χ0v) is 19.8. The number of hydrogen-bond donors (Lipinski definition) is 0. The third kappa shape index (κ3) is 5.55. The minimum absolute atomic E-state index is 0.0188. The molecule has 0 saturated carbocycles. The summed E-state index contributed by atoms with van der Waals surface area (Å²) in [4.78, 5) is 16.0. The minimum atomic E-state index is -4.51. The Morgan fingerprint density at radius 2 is 1.76 bits per heavy atom. The van der Waals surface area contributed by atoms with Gasteiger partial charge in [-0.2, -0.15) is 22.2 Å². The van der Waals surface area contributed by atoms with Gasteiger partial charge >= 0.3 is 6.18 Å². The second-order valence-electron chi connectivity index (χ2n) is 8.42. The predicted molar refractivity (Wildman–Crippen MR) is 122 cm³/mol. The Morgan fingerprint density at radius 1 is 1.11 bits per heavy atom. The van der Waals surface area contributed by atoms with Crippen molar-refractivity contribution in [1.29, 1.82) is 0 Å². The van der Waals surface area contributed by atoms with E-state index in [1.807, 2.05) is 0 Å². The molecule has 0 amide bonds. The molecule has 3 aromatic rings. The van der Waals surface area contributed by atoms with Gasteiger partial charge in [0, 0.05) is 31.1 Å². The highest BCUT2D eigenvalue weighted by Crippen LogP contribution is 2.31. The van der Waals surface area contributed by atoms with Gasteiger partial charge in [-0.1, -0.05) is 6.57 Å². The summed E-state index contributed by atoms with van der Waals surface area (Å²) in [6, 6.07) is 6.84. The first-order valence-electron chi connectivity index (χ1n) is 11.0. The van der Waals surface area contributed by atoms with Gasteiger partial charge in [0.1, 0.15) is 12.0 Å². The van der Waals surface area contributed by atoms with E-state index in [0.717, 1.165) is 40.7 Å². The van der Waals surface area contributed by atoms with E-state index < -0.39 is 52.1 Å². The van der Waals surface area contributed by atoms with E-state index in [1.54, 1.807) is 0 Å². The fraction of sp³-hybridized carbons (Fsp3) is 0.292. The molecule has 0 aliphatic carbocycles. The standard InChI is InChI=1S/C24H19F5N4O3S/c1-30-23-15(13-32(31-23)19-7-3-16(4-8-19)24(27,28)29)2-11-22(34)21-12-18(26)14-33(21)37(35,36)20-9-5-17(25)6-10-20/h3-10,13,18,21H,2,11-12,14H2/t18-,21+/m1/s1. The van der Waals surface area contributed by atoms with Crippen LogP contribution in [0.15, 0.2) is 59.6 Å². The first kappa shape index (κ1) is 26.4. The van der Waals surface area contributed by atoms with Gasteiger partial charge in [-0.25, -0.2) is 17.2 Å². The van der Waals surface area contributed by atoms with Crippen LogP contribution < -0.4 is 0 Å². The van der Waals surface area contributed by atoms with Crippen LogP contribution in [-0.4, -0.2) is 47.0 Å². The van der Waals surface area contributed by atoms with Crippen molar-refractivity contribution in [2.45, 2.75) is 42.5 Å². The van der Waals surface area contributed by atoms with Crippen LogP contribution in [0.25, 0.3) is 10.5 Å². The van der Waals surface area contributed by atoms with Crippen molar-refractivity contribution in [2.75, 3.05) is 6.54 Å². The highest BCUT2D eigenvalue weighted by atomic mass is 32.2. The molecule has 0 bridgehead atoms. The van der Waals surface area contributed by atoms with E-state index in [9.17, 15) is 35.2 Å². The Morgan fingerprint density at radius 3 is 2.35 bits per heavy atom. The van der Waals surface area contributed by atoms with Crippen molar-refractivity contribution in [2.24, 2.45) is 0 Å². The smallest absolute Gasteiger partial charge is 0.359 e. The Hall–Kier alpha value is -3.63. The molecule has 0 spiro atoms. The van der Waals surface area contributed by atoms with Crippen LogP contribution in [0, 0.1) is 12.4 Å². The van der Waals surface area contributed by atoms with Crippen LogP contribution >= 0.6 is 0 Å². The second-order valence-corrected chi connectivity index (χ2v) is 10.3. The lowest BCUT2D eigenvalue weighted by Crippen LogP contribution is -2.40. The molecule has 7 nitrogen and oxygen atoms in total. The van der Waals surface area contributed by atoms with Gasteiger partial charge in [-0.3, -0.25) is 4.79 Å². The SMILES string of the molecule is [C-]#[N+]c1nn(-c2ccc(C(F)(F)F)cc2)cc1CCC(=O)[C@@H]1C[C@@H](F)CN1S(=O)(=O)c1ccc(F)cc1. The molecule has 0 N–H and O–H groups in total. The molecular weight excluding hydrogens is 519 g/mol. The third-order valence-corrected chi connectivity index (χ3v) is 7.86. The first-order valence-corrected chi connectivity index (χ1v) is 12.4. The Bertz CT molecular complexity index is 1450. The van der Waals surface area contributed by atoms with Crippen molar-refractivity contribution in [3.63, 3.8) is 0 Å². The number of aryl methyl sites for hydroxylation is 1. The molecule has 13 heteroatoms. The van der Waals surface area contributed by atoms with E-state index in [1.165, 1.54) is 23.0 Å². The maximum atomic E-state index is 14.2. The van der Waals surface area contributed by atoms with Crippen molar-refractivity contribution in [3.05, 3.63) is 83.1 Å². The number of aromatic nitrogens is 2. The Balaban J connectivity index is 1.50. The second kappa shape index (κ2) is 10.0. The zero-order valence-electron chi connectivity index (χ0n) is 19.0. The Kier molecular flexibility index (Phi) is 7.16. The van der Waals surface area contributed by atoms with Crippen molar-refractivity contribution in [1.82, 2.24) is 14.1 Å². The lowest BCUT2D eigenvalue weighted by molar-refractivity contribution is -0.137. The van der Waals surface area contributed by atoms with Crippen LogP contribution in [0.4, 0.5) is 27.8 Å². The number of alkyl halides is 4. The highest BCUT2D eigenvalue weighted by molar-refractivity contribution is 7.89. The predicted octanol–water partition coefficient (Wildman–Crippen LogP) is 4.88. The summed E-state index contributed by atoms with van der Waals surface area (Å²) in [7, 11) is -4.26. The number of ketones is 1. The highest BCUT2D eigenvalue weighted by Gasteiger charge is 2.43. The van der Waals surface area contributed by atoms with Crippen LogP contribution in [0.1, 0.15) is 24.0 Å². The van der Waals surface area contributed by atoms with Gasteiger partial charge in [0.05, 0.1) is 22.2 Å². The van der Waals surface area contributed by atoms with Crippen molar-refractivity contribution >= 4 is 21.6 Å². The molecule has 194 valence electrons. The maximum Gasteiger partial charge on any atom is 0.416 e. The number of Topliss-reactive ketones (excluding diaryl/α,β-unsaturated/α-hetero) is 1. The average molecular weight is 538 g/mol. The normalized spacial score (nSPS) is 18.6. The number of hydrogen-bond acceptors (Lipinski definition) is 4. The van der Waals surface area contributed by atoms with E-state index in [2.05, 4.69) is 9.94 Å². The summed E-state index contributed by atoms with van der Waals surface area (Å²) in [6.07, 6.45) is -5.25. The Labute approximate surface area is 209 Å². The summed E-state index contributed by atoms with van der Waals surface area (Å²) in [5.74, 6) is -1.29. The monoisotopic (exact) mass is 538 g/mol. The van der Waals surface area contributed by atoms with Gasteiger partial charge in [-0.15, -0.1) is 0 Å². The van der Waals surface area contributed by atoms with E-state index in [0.29, 0.717) is 5.56 Å². The zero-order chi connectivity index (χ0) is 27.0.